The van der Waals surface area contributed by atoms with E-state index in [1.165, 1.54) is 11.1 Å². The molecule has 0 saturated carbocycles. The maximum absolute atomic E-state index is 11.3. The lowest BCUT2D eigenvalue weighted by molar-refractivity contribution is 0.444. The van der Waals surface area contributed by atoms with Crippen molar-refractivity contribution in [3.8, 4) is 11.5 Å². The van der Waals surface area contributed by atoms with Crippen molar-refractivity contribution in [1.29, 1.82) is 0 Å². The largest absolute Gasteiger partial charge is 0.507 e. The molecule has 0 amide bonds. The van der Waals surface area contributed by atoms with Crippen LogP contribution in [-0.2, 0) is 10.8 Å². The first-order chi connectivity index (χ1) is 20.6. The lowest BCUT2D eigenvalue weighted by Gasteiger charge is -2.24. The minimum atomic E-state index is -0.206. The Hall–Kier alpha value is -3.92. The quantitative estimate of drug-likeness (QED) is 0.200. The molecule has 232 valence electrons. The summed E-state index contributed by atoms with van der Waals surface area (Å²) in [4.78, 5) is 9.87. The fraction of sp³-hybridized carbons (Fsp3) is 0.400. The van der Waals surface area contributed by atoms with Gasteiger partial charge in [-0.2, -0.15) is 0 Å². The maximum atomic E-state index is 11.3. The average molecular weight is 591 g/mol. The van der Waals surface area contributed by atoms with E-state index < -0.39 is 0 Å². The van der Waals surface area contributed by atoms with E-state index in [0.29, 0.717) is 23.0 Å². The third-order valence-electron chi connectivity index (χ3n) is 8.85. The first-order valence-corrected chi connectivity index (χ1v) is 16.0. The highest BCUT2D eigenvalue weighted by atomic mass is 16.3. The van der Waals surface area contributed by atoms with Crippen molar-refractivity contribution in [3.63, 3.8) is 0 Å². The van der Waals surface area contributed by atoms with E-state index in [9.17, 15) is 10.2 Å². The Bertz CT molecular complexity index is 1580. The molecule has 0 bridgehead atoms. The lowest BCUT2D eigenvalue weighted by Crippen LogP contribution is -2.13. The van der Waals surface area contributed by atoms with Crippen molar-refractivity contribution >= 4 is 34.6 Å². The van der Waals surface area contributed by atoms with Crippen molar-refractivity contribution in [3.05, 3.63) is 94.0 Å². The summed E-state index contributed by atoms with van der Waals surface area (Å²) in [5, 5.41) is 24.6. The predicted octanol–water partition coefficient (Wildman–Crippen LogP) is 11.4. The van der Waals surface area contributed by atoms with Gasteiger partial charge in [-0.3, -0.25) is 9.98 Å². The molecule has 44 heavy (non-hydrogen) atoms. The minimum Gasteiger partial charge on any atom is -0.507 e. The third kappa shape index (κ3) is 7.07. The number of benzene rings is 4. The highest BCUT2D eigenvalue weighted by Gasteiger charge is 2.23. The normalized spacial score (nSPS) is 14.1. The third-order valence-corrected chi connectivity index (χ3v) is 8.85. The summed E-state index contributed by atoms with van der Waals surface area (Å²) in [7, 11) is 0. The first-order valence-electron chi connectivity index (χ1n) is 16.0. The summed E-state index contributed by atoms with van der Waals surface area (Å²) in [6.45, 7) is 21.6. The van der Waals surface area contributed by atoms with Gasteiger partial charge < -0.3 is 10.2 Å². The van der Waals surface area contributed by atoms with Crippen molar-refractivity contribution in [2.75, 3.05) is 0 Å². The molecule has 0 spiro atoms. The van der Waals surface area contributed by atoms with Gasteiger partial charge in [0, 0.05) is 40.1 Å². The molecular weight excluding hydrogens is 540 g/mol. The zero-order valence-electron chi connectivity index (χ0n) is 28.3. The number of hydrogen-bond donors (Lipinski definition) is 2. The highest BCUT2D eigenvalue weighted by molar-refractivity contribution is 6.04. The molecule has 2 unspecified atom stereocenters. The van der Waals surface area contributed by atoms with E-state index in [4.69, 9.17) is 9.98 Å². The zero-order chi connectivity index (χ0) is 32.4. The summed E-state index contributed by atoms with van der Waals surface area (Å²) < 4.78 is 0. The molecular formula is C40H50N2O2. The lowest BCUT2D eigenvalue weighted by atomic mass is 9.82. The average Bonchev–Trinajstić information content (AvgIpc) is 2.97. The van der Waals surface area contributed by atoms with Crippen LogP contribution >= 0.6 is 0 Å². The fourth-order valence-corrected chi connectivity index (χ4v) is 5.54. The highest BCUT2D eigenvalue weighted by Crippen LogP contribution is 2.39. The number of nitrogens with zero attached hydrogens (tertiary/aromatic N) is 2. The topological polar surface area (TPSA) is 65.2 Å². The molecule has 0 saturated heterocycles. The van der Waals surface area contributed by atoms with Crippen LogP contribution in [0.3, 0.4) is 0 Å². The summed E-state index contributed by atoms with van der Waals surface area (Å²) in [6.07, 6.45) is 5.59. The molecule has 4 aromatic carbocycles. The minimum absolute atomic E-state index is 0.206. The monoisotopic (exact) mass is 590 g/mol. The zero-order valence-corrected chi connectivity index (χ0v) is 28.3. The number of aliphatic imine (C=N–C) groups is 2. The van der Waals surface area contributed by atoms with Crippen LogP contribution in [0.5, 0.6) is 11.5 Å². The summed E-state index contributed by atoms with van der Waals surface area (Å²) in [6, 6.07) is 20.5. The predicted molar refractivity (Wildman–Crippen MR) is 189 cm³/mol. The Morgan fingerprint density at radius 1 is 0.636 bits per heavy atom. The first kappa shape index (κ1) is 33.0. The molecule has 4 nitrogen and oxygen atoms in total. The van der Waals surface area contributed by atoms with E-state index in [1.54, 1.807) is 12.4 Å². The molecule has 0 fully saturated rings. The van der Waals surface area contributed by atoms with Crippen LogP contribution in [0.15, 0.2) is 70.6 Å². The smallest absolute Gasteiger partial charge is 0.128 e. The standard InChI is InChI=1S/C40H50N2O2/c1-11-25(3)28-19-30(37(43)32(21-28)39(5,6)7)23-41-34-17-13-15-27-16-14-18-35(36(27)34)42-24-31-20-29(26(4)12-2)22-33(38(31)44)40(8,9)10/h13-26,43-44H,11-12H2,1-10H3. The van der Waals surface area contributed by atoms with Crippen molar-refractivity contribution in [2.24, 2.45) is 9.98 Å². The van der Waals surface area contributed by atoms with E-state index in [2.05, 4.69) is 106 Å². The van der Waals surface area contributed by atoms with E-state index in [0.717, 1.165) is 46.1 Å². The Balaban J connectivity index is 1.84. The number of rotatable bonds is 8. The van der Waals surface area contributed by atoms with Gasteiger partial charge >= 0.3 is 0 Å². The van der Waals surface area contributed by atoms with Crippen LogP contribution in [0.2, 0.25) is 0 Å². The molecule has 0 radical (unpaired) electrons. The van der Waals surface area contributed by atoms with Gasteiger partial charge in [0.05, 0.1) is 11.4 Å². The molecule has 4 aromatic rings. The summed E-state index contributed by atoms with van der Waals surface area (Å²) >= 11 is 0. The summed E-state index contributed by atoms with van der Waals surface area (Å²) in [5.74, 6) is 1.30. The van der Waals surface area contributed by atoms with Gasteiger partial charge in [-0.1, -0.05) is 106 Å². The second kappa shape index (κ2) is 13.0. The van der Waals surface area contributed by atoms with Crippen LogP contribution in [0, 0.1) is 0 Å². The van der Waals surface area contributed by atoms with Gasteiger partial charge in [0.1, 0.15) is 11.5 Å². The molecule has 0 aliphatic carbocycles. The fourth-order valence-electron chi connectivity index (χ4n) is 5.54. The SMILES string of the molecule is CCC(C)c1cc(C=Nc2cccc3cccc(N=Cc4cc(C(C)CC)cc(C(C)(C)C)c4O)c23)c(O)c(C(C)(C)C)c1. The molecule has 4 rings (SSSR count). The molecule has 2 N–H and O–H groups in total. The number of phenols is 2. The molecule has 0 heterocycles. The van der Waals surface area contributed by atoms with Gasteiger partial charge in [-0.25, -0.2) is 0 Å². The van der Waals surface area contributed by atoms with Crippen LogP contribution in [0.25, 0.3) is 10.8 Å². The van der Waals surface area contributed by atoms with E-state index in [1.807, 2.05) is 24.3 Å². The summed E-state index contributed by atoms with van der Waals surface area (Å²) in [5.41, 5.74) is 6.82. The van der Waals surface area contributed by atoms with Crippen LogP contribution in [-0.4, -0.2) is 22.6 Å². The van der Waals surface area contributed by atoms with Gasteiger partial charge in [0.2, 0.25) is 0 Å². The molecule has 2 atom stereocenters. The van der Waals surface area contributed by atoms with Crippen LogP contribution in [0.4, 0.5) is 11.4 Å². The molecule has 4 heteroatoms. The Labute approximate surface area is 264 Å². The van der Waals surface area contributed by atoms with Crippen LogP contribution < -0.4 is 0 Å². The van der Waals surface area contributed by atoms with Crippen molar-refractivity contribution in [2.45, 2.75) is 105 Å². The van der Waals surface area contributed by atoms with Crippen molar-refractivity contribution in [1.82, 2.24) is 0 Å². The van der Waals surface area contributed by atoms with Gasteiger partial charge in [0.25, 0.3) is 0 Å². The van der Waals surface area contributed by atoms with Gasteiger partial charge in [-0.15, -0.1) is 0 Å². The van der Waals surface area contributed by atoms with Gasteiger partial charge in [-0.05, 0) is 76.3 Å². The van der Waals surface area contributed by atoms with E-state index in [-0.39, 0.29) is 22.3 Å². The van der Waals surface area contributed by atoms with E-state index >= 15 is 0 Å². The number of hydrogen-bond acceptors (Lipinski definition) is 4. The number of phenolic OH excluding ortho intramolecular Hbond substituents is 2. The Kier molecular flexibility index (Phi) is 9.73. The Morgan fingerprint density at radius 2 is 1.02 bits per heavy atom. The van der Waals surface area contributed by atoms with Gasteiger partial charge in [0.15, 0.2) is 0 Å². The molecule has 0 aliphatic heterocycles. The Morgan fingerprint density at radius 3 is 1.36 bits per heavy atom. The van der Waals surface area contributed by atoms with Crippen molar-refractivity contribution < 1.29 is 10.2 Å². The number of aromatic hydroxyl groups is 2. The molecule has 0 aliphatic rings. The molecule has 0 aromatic heterocycles. The second-order valence-electron chi connectivity index (χ2n) is 14.3. The second-order valence-corrected chi connectivity index (χ2v) is 14.3. The van der Waals surface area contributed by atoms with Crippen LogP contribution in [0.1, 0.15) is 127 Å². The number of fused-ring (bicyclic) bond motifs is 1. The maximum Gasteiger partial charge on any atom is 0.128 e.